The molecule has 0 atom stereocenters. The van der Waals surface area contributed by atoms with Crippen LogP contribution in [-0.2, 0) is 6.54 Å². The van der Waals surface area contributed by atoms with Crippen molar-refractivity contribution < 1.29 is 4.92 Å². The molecule has 118 valence electrons. The zero-order valence-corrected chi connectivity index (χ0v) is 12.9. The number of hydrogen-bond acceptors (Lipinski definition) is 5. The van der Waals surface area contributed by atoms with Crippen molar-refractivity contribution in [3.63, 3.8) is 0 Å². The first kappa shape index (κ1) is 15.2. The van der Waals surface area contributed by atoms with Gasteiger partial charge in [0, 0.05) is 6.54 Å². The second kappa shape index (κ2) is 6.58. The van der Waals surface area contributed by atoms with Crippen molar-refractivity contribution in [1.82, 2.24) is 4.90 Å². The molecule has 0 N–H and O–H groups in total. The van der Waals surface area contributed by atoms with Crippen LogP contribution in [0.3, 0.4) is 0 Å². The van der Waals surface area contributed by atoms with Crippen molar-refractivity contribution in [1.29, 1.82) is 0 Å². The Morgan fingerprint density at radius 2 is 1.83 bits per heavy atom. The summed E-state index contributed by atoms with van der Waals surface area (Å²) in [5.41, 5.74) is 3.12. The molecule has 0 spiro atoms. The van der Waals surface area contributed by atoms with Gasteiger partial charge in [0.25, 0.3) is 0 Å². The molecule has 2 aromatic rings. The van der Waals surface area contributed by atoms with Gasteiger partial charge in [0.1, 0.15) is 13.2 Å². The normalized spacial score (nSPS) is 15.3. The Morgan fingerprint density at radius 1 is 1.13 bits per heavy atom. The number of amidine groups is 1. The molecule has 0 saturated carbocycles. The first-order valence-electron chi connectivity index (χ1n) is 7.44. The molecule has 0 saturated heterocycles. The Kier molecular flexibility index (Phi) is 4.34. The second-order valence-electron chi connectivity index (χ2n) is 5.62. The smallest absolute Gasteiger partial charge is 0.358 e. The number of aryl methyl sites for hydroxylation is 1. The van der Waals surface area contributed by atoms with Crippen LogP contribution in [0.1, 0.15) is 11.1 Å². The number of hydrazone groups is 1. The molecule has 0 bridgehead atoms. The number of rotatable bonds is 3. The van der Waals surface area contributed by atoms with Crippen LogP contribution in [0.25, 0.3) is 0 Å². The summed E-state index contributed by atoms with van der Waals surface area (Å²) in [5.74, 6) is -0.0345. The third-order valence-electron chi connectivity index (χ3n) is 3.73. The summed E-state index contributed by atoms with van der Waals surface area (Å²) < 4.78 is 0. The minimum Gasteiger partial charge on any atom is -0.358 e. The van der Waals surface area contributed by atoms with Crippen LogP contribution in [0.4, 0.5) is 5.69 Å². The molecule has 0 amide bonds. The van der Waals surface area contributed by atoms with Gasteiger partial charge in [0.05, 0.1) is 10.8 Å². The molecule has 6 heteroatoms. The van der Waals surface area contributed by atoms with E-state index in [0.29, 0.717) is 13.2 Å². The van der Waals surface area contributed by atoms with Crippen LogP contribution >= 0.6 is 0 Å². The summed E-state index contributed by atoms with van der Waals surface area (Å²) in [6, 6.07) is 17.8. The predicted octanol–water partition coefficient (Wildman–Crippen LogP) is 2.86. The standard InChI is InChI=1S/C17H18N4O2/c1-14-7-9-16(10-8-14)20-13-19(12-17(18-20)21(22)23)11-15-5-3-2-4-6-15/h2-10H,11-13H2,1H3. The molecule has 2 aromatic carbocycles. The fraction of sp³-hybridized carbons (Fsp3) is 0.235. The van der Waals surface area contributed by atoms with Crippen molar-refractivity contribution in [3.05, 3.63) is 75.8 Å². The van der Waals surface area contributed by atoms with Gasteiger partial charge in [-0.3, -0.25) is 4.90 Å². The SMILES string of the molecule is Cc1ccc(N2CN(Cc3ccccc3)CC([N+](=O)[O-])=N2)cc1. The van der Waals surface area contributed by atoms with Crippen molar-refractivity contribution in [2.24, 2.45) is 5.10 Å². The van der Waals surface area contributed by atoms with Gasteiger partial charge in [-0.25, -0.2) is 0 Å². The van der Waals surface area contributed by atoms with Crippen LogP contribution < -0.4 is 5.01 Å². The molecule has 3 rings (SSSR count). The quantitative estimate of drug-likeness (QED) is 0.646. The number of benzene rings is 2. The lowest BCUT2D eigenvalue weighted by Gasteiger charge is -2.28. The summed E-state index contributed by atoms with van der Waals surface area (Å²) in [6.07, 6.45) is 0. The van der Waals surface area contributed by atoms with Gasteiger partial charge < -0.3 is 10.1 Å². The van der Waals surface area contributed by atoms with Gasteiger partial charge in [0.15, 0.2) is 0 Å². The van der Waals surface area contributed by atoms with E-state index in [1.54, 1.807) is 5.01 Å². The van der Waals surface area contributed by atoms with Crippen LogP contribution in [-0.4, -0.2) is 28.9 Å². The average Bonchev–Trinajstić information content (AvgIpc) is 2.56. The van der Waals surface area contributed by atoms with Gasteiger partial charge in [-0.1, -0.05) is 48.0 Å². The Labute approximate surface area is 134 Å². The second-order valence-corrected chi connectivity index (χ2v) is 5.62. The van der Waals surface area contributed by atoms with Crippen molar-refractivity contribution in [2.75, 3.05) is 18.2 Å². The van der Waals surface area contributed by atoms with Gasteiger partial charge >= 0.3 is 5.84 Å². The first-order valence-corrected chi connectivity index (χ1v) is 7.44. The third-order valence-corrected chi connectivity index (χ3v) is 3.73. The van der Waals surface area contributed by atoms with Crippen LogP contribution in [0, 0.1) is 17.0 Å². The van der Waals surface area contributed by atoms with Crippen molar-refractivity contribution in [3.8, 4) is 0 Å². The summed E-state index contributed by atoms with van der Waals surface area (Å²) in [5, 5.41) is 17.1. The van der Waals surface area contributed by atoms with E-state index in [9.17, 15) is 10.1 Å². The Balaban J connectivity index is 1.83. The van der Waals surface area contributed by atoms with Gasteiger partial charge in [-0.05, 0) is 29.5 Å². The van der Waals surface area contributed by atoms with Crippen LogP contribution in [0.2, 0.25) is 0 Å². The van der Waals surface area contributed by atoms with E-state index in [2.05, 4.69) is 5.10 Å². The third kappa shape index (κ3) is 3.73. The zero-order valence-electron chi connectivity index (χ0n) is 12.9. The van der Waals surface area contributed by atoms with Gasteiger partial charge in [-0.15, -0.1) is 0 Å². The number of anilines is 1. The van der Waals surface area contributed by atoms with E-state index in [4.69, 9.17) is 0 Å². The highest BCUT2D eigenvalue weighted by Crippen LogP contribution is 2.20. The Morgan fingerprint density at radius 3 is 2.48 bits per heavy atom. The molecule has 0 aliphatic carbocycles. The largest absolute Gasteiger partial charge is 0.378 e. The maximum Gasteiger partial charge on any atom is 0.378 e. The Bertz CT molecular complexity index is 713. The maximum absolute atomic E-state index is 11.2. The summed E-state index contributed by atoms with van der Waals surface area (Å²) in [6.45, 7) is 3.42. The molecule has 0 radical (unpaired) electrons. The highest BCUT2D eigenvalue weighted by Gasteiger charge is 2.29. The number of nitrogens with zero attached hydrogens (tertiary/aromatic N) is 4. The fourth-order valence-electron chi connectivity index (χ4n) is 2.54. The lowest BCUT2D eigenvalue weighted by molar-refractivity contribution is -0.354. The van der Waals surface area contributed by atoms with E-state index in [-0.39, 0.29) is 12.4 Å². The first-order chi connectivity index (χ1) is 11.1. The van der Waals surface area contributed by atoms with E-state index >= 15 is 0 Å². The molecule has 0 aromatic heterocycles. The Hall–Kier alpha value is -2.73. The molecular formula is C17H18N4O2. The highest BCUT2D eigenvalue weighted by molar-refractivity contribution is 5.78. The topological polar surface area (TPSA) is 62.0 Å². The average molecular weight is 310 g/mol. The van der Waals surface area contributed by atoms with Crippen LogP contribution in [0.5, 0.6) is 0 Å². The molecule has 1 heterocycles. The number of hydrogen-bond donors (Lipinski definition) is 0. The molecule has 1 aliphatic rings. The van der Waals surface area contributed by atoms with Gasteiger partial charge in [0.2, 0.25) is 0 Å². The predicted molar refractivity (Wildman–Crippen MR) is 89.8 cm³/mol. The van der Waals surface area contributed by atoms with Crippen molar-refractivity contribution >= 4 is 11.5 Å². The molecule has 6 nitrogen and oxygen atoms in total. The molecule has 0 unspecified atom stereocenters. The molecular weight excluding hydrogens is 292 g/mol. The van der Waals surface area contributed by atoms with Crippen LogP contribution in [0.15, 0.2) is 59.7 Å². The minimum atomic E-state index is -0.404. The summed E-state index contributed by atoms with van der Waals surface area (Å²) >= 11 is 0. The van der Waals surface area contributed by atoms with Gasteiger partial charge in [-0.2, -0.15) is 5.01 Å². The monoisotopic (exact) mass is 310 g/mol. The summed E-state index contributed by atoms with van der Waals surface area (Å²) in [4.78, 5) is 12.8. The van der Waals surface area contributed by atoms with E-state index in [0.717, 1.165) is 16.8 Å². The lowest BCUT2D eigenvalue weighted by atomic mass is 10.2. The number of nitro groups is 1. The fourth-order valence-corrected chi connectivity index (χ4v) is 2.54. The van der Waals surface area contributed by atoms with E-state index in [1.807, 2.05) is 66.4 Å². The molecule has 23 heavy (non-hydrogen) atoms. The molecule has 1 aliphatic heterocycles. The summed E-state index contributed by atoms with van der Waals surface area (Å²) in [7, 11) is 0. The van der Waals surface area contributed by atoms with Crippen molar-refractivity contribution in [2.45, 2.75) is 13.5 Å². The molecule has 0 fully saturated rings. The van der Waals surface area contributed by atoms with E-state index in [1.165, 1.54) is 0 Å². The lowest BCUT2D eigenvalue weighted by Crippen LogP contribution is -2.45. The zero-order chi connectivity index (χ0) is 16.2. The van der Waals surface area contributed by atoms with E-state index < -0.39 is 4.92 Å². The highest BCUT2D eigenvalue weighted by atomic mass is 16.6. The minimum absolute atomic E-state index is 0.0345. The maximum atomic E-state index is 11.2.